The van der Waals surface area contributed by atoms with Crippen molar-refractivity contribution in [2.45, 2.75) is 45.1 Å². The fourth-order valence-corrected chi connectivity index (χ4v) is 4.00. The van der Waals surface area contributed by atoms with Crippen molar-refractivity contribution in [1.29, 1.82) is 0 Å². The monoisotopic (exact) mass is 360 g/mol. The first-order valence-corrected chi connectivity index (χ1v) is 9.67. The summed E-state index contributed by atoms with van der Waals surface area (Å²) in [4.78, 5) is 26.3. The van der Waals surface area contributed by atoms with Crippen molar-refractivity contribution < 1.29 is 9.59 Å². The maximum atomic E-state index is 13.2. The molecule has 1 saturated carbocycles. The number of para-hydroxylation sites is 1. The van der Waals surface area contributed by atoms with Crippen LogP contribution in [0.25, 0.3) is 0 Å². The summed E-state index contributed by atoms with van der Waals surface area (Å²) >= 11 is 0. The minimum absolute atomic E-state index is 0.0793. The molecule has 0 heterocycles. The Morgan fingerprint density at radius 1 is 0.852 bits per heavy atom. The van der Waals surface area contributed by atoms with Gasteiger partial charge < -0.3 is 10.6 Å². The van der Waals surface area contributed by atoms with E-state index in [1.807, 2.05) is 42.5 Å². The minimum Gasteiger partial charge on any atom is -0.379 e. The summed E-state index contributed by atoms with van der Waals surface area (Å²) in [5.74, 6) is -0.161. The summed E-state index contributed by atoms with van der Waals surface area (Å²) in [6, 6.07) is 15.4. The summed E-state index contributed by atoms with van der Waals surface area (Å²) in [5.41, 5.74) is 3.51. The molecule has 27 heavy (non-hydrogen) atoms. The second kappa shape index (κ2) is 7.39. The molecule has 0 aliphatic heterocycles. The van der Waals surface area contributed by atoms with Crippen molar-refractivity contribution >= 4 is 22.9 Å². The van der Waals surface area contributed by atoms with Crippen molar-refractivity contribution in [3.63, 3.8) is 0 Å². The highest BCUT2D eigenvalue weighted by Crippen LogP contribution is 2.33. The first kappa shape index (κ1) is 17.5. The van der Waals surface area contributed by atoms with Gasteiger partial charge in [0.15, 0.2) is 5.78 Å². The van der Waals surface area contributed by atoms with Gasteiger partial charge in [0.05, 0.1) is 16.9 Å². The van der Waals surface area contributed by atoms with Gasteiger partial charge in [-0.1, -0.05) is 49.6 Å². The average molecular weight is 360 g/mol. The molecule has 0 amide bonds. The molecular weight excluding hydrogens is 336 g/mol. The maximum absolute atomic E-state index is 13.2. The van der Waals surface area contributed by atoms with Crippen molar-refractivity contribution in [1.82, 2.24) is 5.32 Å². The van der Waals surface area contributed by atoms with Gasteiger partial charge in [0.25, 0.3) is 0 Å². The van der Waals surface area contributed by atoms with Crippen molar-refractivity contribution in [3.8, 4) is 0 Å². The van der Waals surface area contributed by atoms with Gasteiger partial charge in [-0.25, -0.2) is 0 Å². The summed E-state index contributed by atoms with van der Waals surface area (Å²) in [5, 5.41) is 6.67. The normalized spacial score (nSPS) is 17.7. The lowest BCUT2D eigenvalue weighted by Gasteiger charge is -2.28. The Kier molecular flexibility index (Phi) is 4.80. The number of allylic oxidation sites excluding steroid dienone is 2. The van der Waals surface area contributed by atoms with E-state index in [1.165, 1.54) is 19.3 Å². The van der Waals surface area contributed by atoms with Gasteiger partial charge in [-0.15, -0.1) is 0 Å². The molecule has 138 valence electrons. The van der Waals surface area contributed by atoms with Crippen LogP contribution in [0.1, 0.15) is 59.7 Å². The van der Waals surface area contributed by atoms with E-state index in [0.717, 1.165) is 18.5 Å². The maximum Gasteiger partial charge on any atom is 0.210 e. The predicted molar refractivity (Wildman–Crippen MR) is 108 cm³/mol. The second-order valence-electron chi connectivity index (χ2n) is 7.36. The van der Waals surface area contributed by atoms with Gasteiger partial charge in [-0.3, -0.25) is 9.59 Å². The van der Waals surface area contributed by atoms with Crippen LogP contribution < -0.4 is 10.6 Å². The van der Waals surface area contributed by atoms with Gasteiger partial charge in [0, 0.05) is 22.9 Å². The lowest BCUT2D eigenvalue weighted by molar-refractivity contribution is 0.0966. The lowest BCUT2D eigenvalue weighted by Crippen LogP contribution is -2.37. The Hall–Kier alpha value is -2.88. The Labute approximate surface area is 159 Å². The Bertz CT molecular complexity index is 909. The third-order valence-electron chi connectivity index (χ3n) is 5.49. The number of Topliss-reactive ketones (excluding diaryl/α,β-unsaturated/α-hetero) is 2. The third-order valence-corrected chi connectivity index (χ3v) is 5.49. The van der Waals surface area contributed by atoms with Gasteiger partial charge >= 0.3 is 0 Å². The summed E-state index contributed by atoms with van der Waals surface area (Å²) in [6.07, 6.45) is 5.71. The number of hydrogen-bond donors (Lipinski definition) is 2. The smallest absolute Gasteiger partial charge is 0.210 e. The minimum atomic E-state index is -0.0815. The molecule has 0 aromatic heterocycles. The Morgan fingerprint density at radius 2 is 1.59 bits per heavy atom. The largest absolute Gasteiger partial charge is 0.379 e. The van der Waals surface area contributed by atoms with Crippen LogP contribution in [0.15, 0.2) is 59.8 Å². The van der Waals surface area contributed by atoms with Gasteiger partial charge in [0.2, 0.25) is 5.78 Å². The zero-order chi connectivity index (χ0) is 18.8. The molecule has 0 spiro atoms. The van der Waals surface area contributed by atoms with Gasteiger partial charge in [0.1, 0.15) is 0 Å². The van der Waals surface area contributed by atoms with E-state index in [0.29, 0.717) is 28.1 Å². The molecule has 0 atom stereocenters. The number of fused-ring (bicyclic) bond motifs is 1. The predicted octanol–water partition coefficient (Wildman–Crippen LogP) is 5.01. The number of carbonyl (C=O) groups excluding carboxylic acids is 2. The summed E-state index contributed by atoms with van der Waals surface area (Å²) in [7, 11) is 0. The fraction of sp³-hybridized carbons (Fsp3) is 0.304. The molecule has 2 aromatic carbocycles. The van der Waals surface area contributed by atoms with E-state index in [1.54, 1.807) is 13.0 Å². The second-order valence-corrected chi connectivity index (χ2v) is 7.36. The molecule has 0 radical (unpaired) electrons. The zero-order valence-corrected chi connectivity index (χ0v) is 15.5. The van der Waals surface area contributed by atoms with Crippen LogP contribution in [0.2, 0.25) is 0 Å². The third kappa shape index (κ3) is 3.39. The lowest BCUT2D eigenvalue weighted by atomic mass is 9.85. The molecular formula is C23H24N2O2. The Morgan fingerprint density at radius 3 is 2.33 bits per heavy atom. The standard InChI is InChI=1S/C23H24N2O2/c1-15-21(25-17-11-6-3-7-12-17)23(27)18-13-8-14-19(20(18)22(15)26)24-16-9-4-2-5-10-16/h2,4-5,8-10,13-14,17,24-25H,3,6-7,11-12H2,1H3. The SMILES string of the molecule is CC1=C(NC2CCCCC2)C(=O)c2cccc(Nc3ccccc3)c2C1=O. The molecule has 0 saturated heterocycles. The number of ketones is 2. The number of carbonyl (C=O) groups is 2. The Balaban J connectivity index is 1.68. The van der Waals surface area contributed by atoms with E-state index in [-0.39, 0.29) is 17.6 Å². The van der Waals surface area contributed by atoms with Crippen LogP contribution in [0.3, 0.4) is 0 Å². The van der Waals surface area contributed by atoms with E-state index >= 15 is 0 Å². The molecule has 2 N–H and O–H groups in total. The van der Waals surface area contributed by atoms with Gasteiger partial charge in [-0.2, -0.15) is 0 Å². The molecule has 0 unspecified atom stereocenters. The van der Waals surface area contributed by atoms with Crippen LogP contribution in [0.5, 0.6) is 0 Å². The van der Waals surface area contributed by atoms with Crippen LogP contribution in [-0.2, 0) is 0 Å². The number of rotatable bonds is 4. The van der Waals surface area contributed by atoms with Crippen molar-refractivity contribution in [2.24, 2.45) is 0 Å². The number of anilines is 2. The molecule has 4 rings (SSSR count). The number of nitrogens with one attached hydrogen (secondary N) is 2. The summed E-state index contributed by atoms with van der Waals surface area (Å²) < 4.78 is 0. The van der Waals surface area contributed by atoms with E-state index in [2.05, 4.69) is 10.6 Å². The van der Waals surface area contributed by atoms with Crippen LogP contribution in [0.4, 0.5) is 11.4 Å². The molecule has 2 aromatic rings. The first-order valence-electron chi connectivity index (χ1n) is 9.67. The number of benzene rings is 2. The highest BCUT2D eigenvalue weighted by molar-refractivity contribution is 6.28. The zero-order valence-electron chi connectivity index (χ0n) is 15.5. The van der Waals surface area contributed by atoms with Crippen molar-refractivity contribution in [3.05, 3.63) is 70.9 Å². The average Bonchev–Trinajstić information content (AvgIpc) is 2.71. The van der Waals surface area contributed by atoms with E-state index in [4.69, 9.17) is 0 Å². The molecule has 1 fully saturated rings. The number of hydrogen-bond acceptors (Lipinski definition) is 4. The first-order chi connectivity index (χ1) is 13.1. The van der Waals surface area contributed by atoms with E-state index < -0.39 is 0 Å². The highest BCUT2D eigenvalue weighted by atomic mass is 16.1. The molecule has 4 nitrogen and oxygen atoms in total. The van der Waals surface area contributed by atoms with E-state index in [9.17, 15) is 9.59 Å². The fourth-order valence-electron chi connectivity index (χ4n) is 4.00. The highest BCUT2D eigenvalue weighted by Gasteiger charge is 2.33. The van der Waals surface area contributed by atoms with Crippen LogP contribution >= 0.6 is 0 Å². The van der Waals surface area contributed by atoms with Gasteiger partial charge in [-0.05, 0) is 38.0 Å². The molecule has 4 heteroatoms. The molecule has 0 bridgehead atoms. The quantitative estimate of drug-likeness (QED) is 0.805. The van der Waals surface area contributed by atoms with Crippen LogP contribution in [-0.4, -0.2) is 17.6 Å². The molecule has 2 aliphatic rings. The molecule has 2 aliphatic carbocycles. The topological polar surface area (TPSA) is 58.2 Å². The summed E-state index contributed by atoms with van der Waals surface area (Å²) in [6.45, 7) is 1.76. The van der Waals surface area contributed by atoms with Crippen LogP contribution in [0, 0.1) is 0 Å². The van der Waals surface area contributed by atoms with Crippen molar-refractivity contribution in [2.75, 3.05) is 5.32 Å².